The van der Waals surface area contributed by atoms with Crippen molar-refractivity contribution in [2.45, 2.75) is 19.0 Å². The monoisotopic (exact) mass is 375 g/mol. The fourth-order valence-corrected chi connectivity index (χ4v) is 3.36. The van der Waals surface area contributed by atoms with Gasteiger partial charge in [-0.25, -0.2) is 0 Å². The topological polar surface area (TPSA) is 72.0 Å². The molecule has 4 rings (SSSR count). The molecule has 0 aliphatic rings. The van der Waals surface area contributed by atoms with Crippen LogP contribution in [0.25, 0.3) is 11.0 Å². The molecule has 0 fully saturated rings. The summed E-state index contributed by atoms with van der Waals surface area (Å²) in [6.45, 7) is 2.21. The van der Waals surface area contributed by atoms with Gasteiger partial charge in [-0.2, -0.15) is 0 Å². The summed E-state index contributed by atoms with van der Waals surface area (Å²) < 4.78 is 11.4. The lowest BCUT2D eigenvalue weighted by Gasteiger charge is -2.15. The zero-order valence-corrected chi connectivity index (χ0v) is 15.7. The number of furan rings is 2. The first-order valence-corrected chi connectivity index (χ1v) is 9.40. The van der Waals surface area contributed by atoms with Crippen molar-refractivity contribution in [1.82, 2.24) is 5.32 Å². The van der Waals surface area contributed by atoms with Crippen LogP contribution < -0.4 is 10.6 Å². The Hall–Kier alpha value is -3.31. The van der Waals surface area contributed by atoms with Crippen molar-refractivity contribution < 1.29 is 18.9 Å². The van der Waals surface area contributed by atoms with E-state index in [1.165, 1.54) is 0 Å². The summed E-state index contributed by atoms with van der Waals surface area (Å²) in [6.07, 6.45) is 1.66. The van der Waals surface area contributed by atoms with Crippen LogP contribution in [0.3, 0.4) is 0 Å². The predicted octanol–water partition coefficient (Wildman–Crippen LogP) is 3.56. The van der Waals surface area contributed by atoms with Crippen LogP contribution in [-0.4, -0.2) is 12.5 Å². The van der Waals surface area contributed by atoms with Gasteiger partial charge in [0.05, 0.1) is 12.3 Å². The molecule has 2 aromatic carbocycles. The fourth-order valence-electron chi connectivity index (χ4n) is 3.36. The number of hydrogen-bond donors (Lipinski definition) is 2. The van der Waals surface area contributed by atoms with E-state index in [0.717, 1.165) is 28.1 Å². The molecule has 2 heterocycles. The van der Waals surface area contributed by atoms with Gasteiger partial charge < -0.3 is 19.5 Å². The van der Waals surface area contributed by atoms with E-state index in [1.54, 1.807) is 6.26 Å². The van der Waals surface area contributed by atoms with E-state index in [4.69, 9.17) is 8.83 Å². The molecular formula is C23H23N2O3+. The number of nitrogens with two attached hydrogens (primary N) is 1. The summed E-state index contributed by atoms with van der Waals surface area (Å²) in [6, 6.07) is 23.4. The van der Waals surface area contributed by atoms with E-state index in [1.807, 2.05) is 85.0 Å². The van der Waals surface area contributed by atoms with Gasteiger partial charge in [-0.3, -0.25) is 4.79 Å². The summed E-state index contributed by atoms with van der Waals surface area (Å²) in [7, 11) is 0. The highest BCUT2D eigenvalue weighted by atomic mass is 16.3. The molecule has 5 nitrogen and oxygen atoms in total. The van der Waals surface area contributed by atoms with Crippen LogP contribution >= 0.6 is 0 Å². The van der Waals surface area contributed by atoms with Crippen molar-refractivity contribution in [3.05, 3.63) is 96.1 Å². The molecule has 0 unspecified atom stereocenters. The summed E-state index contributed by atoms with van der Waals surface area (Å²) in [5, 5.41) is 6.03. The first kappa shape index (κ1) is 18.1. The van der Waals surface area contributed by atoms with E-state index < -0.39 is 0 Å². The maximum absolute atomic E-state index is 12.5. The number of amides is 1. The Morgan fingerprint density at radius 3 is 2.54 bits per heavy atom. The lowest BCUT2D eigenvalue weighted by Crippen LogP contribution is -2.87. The Kier molecular flexibility index (Phi) is 5.26. The van der Waals surface area contributed by atoms with Crippen LogP contribution in [0.2, 0.25) is 0 Å². The van der Waals surface area contributed by atoms with Gasteiger partial charge >= 0.3 is 0 Å². The third kappa shape index (κ3) is 4.00. The second-order valence-electron chi connectivity index (χ2n) is 6.82. The van der Waals surface area contributed by atoms with Crippen molar-refractivity contribution in [3.63, 3.8) is 0 Å². The molecule has 142 valence electrons. The third-order valence-corrected chi connectivity index (χ3v) is 4.80. The highest BCUT2D eigenvalue weighted by molar-refractivity contribution is 5.79. The molecule has 2 aromatic heterocycles. The zero-order chi connectivity index (χ0) is 19.3. The lowest BCUT2D eigenvalue weighted by molar-refractivity contribution is -0.678. The second-order valence-corrected chi connectivity index (χ2v) is 6.82. The Bertz CT molecular complexity index is 1010. The Balaban J connectivity index is 1.41. The van der Waals surface area contributed by atoms with Gasteiger partial charge in [-0.05, 0) is 31.2 Å². The van der Waals surface area contributed by atoms with Crippen molar-refractivity contribution >= 4 is 16.9 Å². The SMILES string of the molecule is C[C@@H](NC(=O)C[NH2+][C@H](c1ccccc1)c1ccco1)c1cc2ccccc2o1. The van der Waals surface area contributed by atoms with Crippen LogP contribution in [-0.2, 0) is 4.79 Å². The molecule has 5 heteroatoms. The molecule has 0 saturated heterocycles. The molecule has 3 N–H and O–H groups in total. The number of benzene rings is 2. The maximum atomic E-state index is 12.5. The number of fused-ring (bicyclic) bond motifs is 1. The van der Waals surface area contributed by atoms with Crippen LogP contribution in [0.15, 0.2) is 87.9 Å². The minimum absolute atomic E-state index is 0.0551. The first-order valence-electron chi connectivity index (χ1n) is 9.40. The predicted molar refractivity (Wildman–Crippen MR) is 107 cm³/mol. The quantitative estimate of drug-likeness (QED) is 0.519. The van der Waals surface area contributed by atoms with E-state index in [2.05, 4.69) is 5.32 Å². The largest absolute Gasteiger partial charge is 0.463 e. The van der Waals surface area contributed by atoms with Crippen LogP contribution in [0.1, 0.15) is 36.1 Å². The second kappa shape index (κ2) is 8.15. The van der Waals surface area contributed by atoms with E-state index in [-0.39, 0.29) is 24.5 Å². The Morgan fingerprint density at radius 2 is 1.79 bits per heavy atom. The molecule has 0 aliphatic heterocycles. The van der Waals surface area contributed by atoms with Crippen molar-refractivity contribution in [1.29, 1.82) is 0 Å². The summed E-state index contributed by atoms with van der Waals surface area (Å²) >= 11 is 0. The third-order valence-electron chi connectivity index (χ3n) is 4.80. The minimum atomic E-state index is -0.202. The number of quaternary nitrogens is 1. The zero-order valence-electron chi connectivity index (χ0n) is 15.7. The molecule has 4 aromatic rings. The van der Waals surface area contributed by atoms with E-state index in [9.17, 15) is 4.79 Å². The molecule has 2 atom stereocenters. The number of nitrogens with one attached hydrogen (secondary N) is 1. The highest BCUT2D eigenvalue weighted by Gasteiger charge is 2.22. The molecule has 0 radical (unpaired) electrons. The number of rotatable bonds is 7. The number of para-hydroxylation sites is 1. The summed E-state index contributed by atoms with van der Waals surface area (Å²) in [4.78, 5) is 12.5. The van der Waals surface area contributed by atoms with Crippen LogP contribution in [0.5, 0.6) is 0 Å². The standard InChI is InChI=1S/C23H22N2O3/c1-16(21-14-18-10-5-6-11-19(18)28-21)25-22(26)15-24-23(20-12-7-13-27-20)17-8-3-2-4-9-17/h2-14,16,23-24H,15H2,1H3,(H,25,26)/p+1/t16-,23-/m1/s1. The van der Waals surface area contributed by atoms with Crippen LogP contribution in [0.4, 0.5) is 0 Å². The Labute approximate surface area is 163 Å². The van der Waals surface area contributed by atoms with Crippen LogP contribution in [0, 0.1) is 0 Å². The normalized spacial score (nSPS) is 13.3. The summed E-state index contributed by atoms with van der Waals surface area (Å²) in [5.74, 6) is 1.52. The molecule has 0 bridgehead atoms. The van der Waals surface area contributed by atoms with Gasteiger partial charge in [-0.1, -0.05) is 48.5 Å². The molecule has 0 saturated carbocycles. The van der Waals surface area contributed by atoms with Crippen molar-refractivity contribution in [2.75, 3.05) is 6.54 Å². The molecule has 0 aliphatic carbocycles. The highest BCUT2D eigenvalue weighted by Crippen LogP contribution is 2.23. The first-order chi connectivity index (χ1) is 13.7. The van der Waals surface area contributed by atoms with Gasteiger partial charge in [-0.15, -0.1) is 0 Å². The smallest absolute Gasteiger partial charge is 0.275 e. The Morgan fingerprint density at radius 1 is 1.00 bits per heavy atom. The number of carbonyl (C=O) groups excluding carboxylic acids is 1. The van der Waals surface area contributed by atoms with E-state index in [0.29, 0.717) is 0 Å². The summed E-state index contributed by atoms with van der Waals surface area (Å²) in [5.41, 5.74) is 1.92. The molecule has 0 spiro atoms. The lowest BCUT2D eigenvalue weighted by atomic mass is 10.0. The van der Waals surface area contributed by atoms with Gasteiger partial charge in [0.15, 0.2) is 18.3 Å². The van der Waals surface area contributed by atoms with Crippen molar-refractivity contribution in [2.24, 2.45) is 0 Å². The van der Waals surface area contributed by atoms with Gasteiger partial charge in [0.2, 0.25) is 0 Å². The average molecular weight is 375 g/mol. The number of hydrogen-bond acceptors (Lipinski definition) is 3. The van der Waals surface area contributed by atoms with Gasteiger partial charge in [0.25, 0.3) is 5.91 Å². The maximum Gasteiger partial charge on any atom is 0.275 e. The fraction of sp³-hybridized carbons (Fsp3) is 0.174. The van der Waals surface area contributed by atoms with Gasteiger partial charge in [0.1, 0.15) is 11.3 Å². The molecule has 28 heavy (non-hydrogen) atoms. The minimum Gasteiger partial charge on any atom is -0.463 e. The number of carbonyl (C=O) groups is 1. The molecule has 1 amide bonds. The van der Waals surface area contributed by atoms with E-state index >= 15 is 0 Å². The average Bonchev–Trinajstić information content (AvgIpc) is 3.39. The van der Waals surface area contributed by atoms with Crippen molar-refractivity contribution in [3.8, 4) is 0 Å². The van der Waals surface area contributed by atoms with Gasteiger partial charge in [0, 0.05) is 10.9 Å². The molecular weight excluding hydrogens is 352 g/mol.